The number of hydrogen-bond donors (Lipinski definition) is 2. The number of fused-ring (bicyclic) bond motifs is 2. The molecule has 2 bridgehead atoms. The molecular weight excluding hydrogens is 298 g/mol. The van der Waals surface area contributed by atoms with Crippen molar-refractivity contribution in [1.29, 1.82) is 0 Å². The normalized spacial score (nSPS) is 27.1. The minimum atomic E-state index is 0.448. The monoisotopic (exact) mass is 323 g/mol. The Hall–Kier alpha value is -2.04. The van der Waals surface area contributed by atoms with Crippen LogP contribution in [0.2, 0.25) is 0 Å². The van der Waals surface area contributed by atoms with Crippen molar-refractivity contribution >= 4 is 11.4 Å². The molecule has 0 aliphatic carbocycles. The second kappa shape index (κ2) is 6.46. The number of nitrogens with two attached hydrogens (primary N) is 2. The van der Waals surface area contributed by atoms with Crippen LogP contribution in [-0.2, 0) is 11.3 Å². The molecule has 2 aliphatic rings. The third-order valence-corrected chi connectivity index (χ3v) is 5.49. The van der Waals surface area contributed by atoms with E-state index < -0.39 is 0 Å². The van der Waals surface area contributed by atoms with E-state index >= 15 is 0 Å². The van der Waals surface area contributed by atoms with E-state index in [0.717, 1.165) is 38.3 Å². The molecule has 2 aliphatic heterocycles. The summed E-state index contributed by atoms with van der Waals surface area (Å²) in [5, 5.41) is 0. The van der Waals surface area contributed by atoms with Crippen molar-refractivity contribution in [2.75, 3.05) is 24.7 Å². The second-order valence-electron chi connectivity index (χ2n) is 7.02. The predicted molar refractivity (Wildman–Crippen MR) is 97.6 cm³/mol. The number of nitrogen functional groups attached to an aromatic ring is 2. The maximum absolute atomic E-state index is 6.25. The molecule has 2 atom stereocenters. The number of benzene rings is 2. The fraction of sp³-hybridized carbons (Fsp3) is 0.400. The van der Waals surface area contributed by atoms with Crippen molar-refractivity contribution < 1.29 is 4.74 Å². The van der Waals surface area contributed by atoms with Crippen LogP contribution in [0.3, 0.4) is 0 Å². The summed E-state index contributed by atoms with van der Waals surface area (Å²) in [6.07, 6.45) is 2.16. The lowest BCUT2D eigenvalue weighted by Crippen LogP contribution is -2.55. The van der Waals surface area contributed by atoms with Crippen molar-refractivity contribution in [2.24, 2.45) is 0 Å². The van der Waals surface area contributed by atoms with Crippen molar-refractivity contribution in [2.45, 2.75) is 37.4 Å². The summed E-state index contributed by atoms with van der Waals surface area (Å²) in [5.41, 5.74) is 16.3. The first-order valence-electron chi connectivity index (χ1n) is 8.73. The van der Waals surface area contributed by atoms with Gasteiger partial charge in [0, 0.05) is 18.6 Å². The standard InChI is InChI=1S/C20H25N3O/c21-19-8-4-7-18(20(19)22)15-9-16-12-24-13-17(10-15)23(16)11-14-5-2-1-3-6-14/h1-8,15-17H,9-13,21-22H2. The first-order chi connectivity index (χ1) is 11.7. The van der Waals surface area contributed by atoms with Gasteiger partial charge in [0.25, 0.3) is 0 Å². The zero-order chi connectivity index (χ0) is 16.5. The highest BCUT2D eigenvalue weighted by Gasteiger charge is 2.39. The van der Waals surface area contributed by atoms with Crippen LogP contribution in [0.4, 0.5) is 11.4 Å². The molecule has 2 unspecified atom stereocenters. The fourth-order valence-corrected chi connectivity index (χ4v) is 4.25. The molecule has 24 heavy (non-hydrogen) atoms. The van der Waals surface area contributed by atoms with Gasteiger partial charge in [0.2, 0.25) is 0 Å². The van der Waals surface area contributed by atoms with Crippen molar-refractivity contribution in [1.82, 2.24) is 4.90 Å². The highest BCUT2D eigenvalue weighted by atomic mass is 16.5. The first-order valence-corrected chi connectivity index (χ1v) is 8.73. The molecule has 126 valence electrons. The second-order valence-corrected chi connectivity index (χ2v) is 7.02. The number of piperidine rings is 1. The van der Waals surface area contributed by atoms with E-state index in [-0.39, 0.29) is 0 Å². The van der Waals surface area contributed by atoms with Crippen LogP contribution in [0, 0.1) is 0 Å². The zero-order valence-electron chi connectivity index (χ0n) is 13.9. The van der Waals surface area contributed by atoms with E-state index in [0.29, 0.717) is 23.7 Å². The zero-order valence-corrected chi connectivity index (χ0v) is 13.9. The third-order valence-electron chi connectivity index (χ3n) is 5.49. The Morgan fingerprint density at radius 1 is 0.917 bits per heavy atom. The summed E-state index contributed by atoms with van der Waals surface area (Å²) in [4.78, 5) is 2.62. The van der Waals surface area contributed by atoms with Crippen molar-refractivity contribution in [3.8, 4) is 0 Å². The number of rotatable bonds is 3. The fourth-order valence-electron chi connectivity index (χ4n) is 4.25. The average Bonchev–Trinajstić information content (AvgIpc) is 2.58. The molecule has 4 heteroatoms. The van der Waals surface area contributed by atoms with Gasteiger partial charge in [-0.05, 0) is 36.0 Å². The molecule has 2 saturated heterocycles. The van der Waals surface area contributed by atoms with Gasteiger partial charge >= 0.3 is 0 Å². The Morgan fingerprint density at radius 2 is 1.62 bits per heavy atom. The summed E-state index contributed by atoms with van der Waals surface area (Å²) in [6, 6.07) is 17.6. The molecule has 0 radical (unpaired) electrons. The van der Waals surface area contributed by atoms with Gasteiger partial charge in [0.1, 0.15) is 0 Å². The van der Waals surface area contributed by atoms with E-state index in [4.69, 9.17) is 16.2 Å². The molecule has 0 amide bonds. The predicted octanol–water partition coefficient (Wildman–Crippen LogP) is 3.00. The van der Waals surface area contributed by atoms with E-state index in [1.54, 1.807) is 0 Å². The molecule has 2 heterocycles. The van der Waals surface area contributed by atoms with E-state index in [1.165, 1.54) is 11.1 Å². The maximum Gasteiger partial charge on any atom is 0.0623 e. The minimum absolute atomic E-state index is 0.448. The number of ether oxygens (including phenoxy) is 1. The van der Waals surface area contributed by atoms with Crippen LogP contribution < -0.4 is 11.5 Å². The number of hydrogen-bond acceptors (Lipinski definition) is 4. The van der Waals surface area contributed by atoms with Crippen LogP contribution in [0.25, 0.3) is 0 Å². The molecule has 2 aromatic carbocycles. The van der Waals surface area contributed by atoms with Gasteiger partial charge < -0.3 is 16.2 Å². The third kappa shape index (κ3) is 2.87. The van der Waals surface area contributed by atoms with Gasteiger partial charge in [0.05, 0.1) is 24.6 Å². The lowest BCUT2D eigenvalue weighted by atomic mass is 9.80. The number of morpholine rings is 1. The van der Waals surface area contributed by atoms with E-state index in [1.807, 2.05) is 12.1 Å². The molecule has 0 aromatic heterocycles. The summed E-state index contributed by atoms with van der Waals surface area (Å²) in [5.74, 6) is 0.472. The molecular formula is C20H25N3O. The van der Waals surface area contributed by atoms with E-state index in [9.17, 15) is 0 Å². The Labute approximate surface area is 143 Å². The van der Waals surface area contributed by atoms with Gasteiger partial charge in [0.15, 0.2) is 0 Å². The van der Waals surface area contributed by atoms with Gasteiger partial charge in [-0.15, -0.1) is 0 Å². The highest BCUT2D eigenvalue weighted by Crippen LogP contribution is 2.41. The summed E-state index contributed by atoms with van der Waals surface area (Å²) in [7, 11) is 0. The van der Waals surface area contributed by atoms with Crippen LogP contribution in [0.5, 0.6) is 0 Å². The Balaban J connectivity index is 1.55. The number of para-hydroxylation sites is 1. The Bertz CT molecular complexity index is 689. The van der Waals surface area contributed by atoms with Gasteiger partial charge in [-0.1, -0.05) is 42.5 Å². The largest absolute Gasteiger partial charge is 0.397 e. The average molecular weight is 323 g/mol. The van der Waals surface area contributed by atoms with E-state index in [2.05, 4.69) is 41.3 Å². The van der Waals surface area contributed by atoms with Gasteiger partial charge in [-0.25, -0.2) is 0 Å². The number of anilines is 2. The molecule has 0 saturated carbocycles. The minimum Gasteiger partial charge on any atom is -0.397 e. The number of nitrogens with zero attached hydrogens (tertiary/aromatic N) is 1. The summed E-state index contributed by atoms with van der Waals surface area (Å²) >= 11 is 0. The summed E-state index contributed by atoms with van der Waals surface area (Å²) in [6.45, 7) is 2.61. The van der Waals surface area contributed by atoms with Crippen LogP contribution >= 0.6 is 0 Å². The molecule has 2 fully saturated rings. The quantitative estimate of drug-likeness (QED) is 0.852. The molecule has 4 rings (SSSR count). The van der Waals surface area contributed by atoms with Crippen molar-refractivity contribution in [3.05, 3.63) is 59.7 Å². The van der Waals surface area contributed by atoms with Gasteiger partial charge in [-0.2, -0.15) is 0 Å². The SMILES string of the molecule is Nc1cccc(C2CC3COCC(C2)N3Cc2ccccc2)c1N. The molecule has 4 nitrogen and oxygen atoms in total. The topological polar surface area (TPSA) is 64.5 Å². The van der Waals surface area contributed by atoms with Crippen LogP contribution in [0.15, 0.2) is 48.5 Å². The highest BCUT2D eigenvalue weighted by molar-refractivity contribution is 5.68. The lowest BCUT2D eigenvalue weighted by Gasteiger charge is -2.49. The molecule has 0 spiro atoms. The smallest absolute Gasteiger partial charge is 0.0623 e. The molecule has 2 aromatic rings. The Kier molecular flexibility index (Phi) is 4.17. The maximum atomic E-state index is 6.25. The summed E-state index contributed by atoms with van der Waals surface area (Å²) < 4.78 is 5.85. The molecule has 4 N–H and O–H groups in total. The van der Waals surface area contributed by atoms with Crippen LogP contribution in [-0.4, -0.2) is 30.2 Å². The Morgan fingerprint density at radius 3 is 2.33 bits per heavy atom. The lowest BCUT2D eigenvalue weighted by molar-refractivity contribution is -0.0828. The van der Waals surface area contributed by atoms with Crippen LogP contribution in [0.1, 0.15) is 29.9 Å². The first kappa shape index (κ1) is 15.5. The van der Waals surface area contributed by atoms with Crippen molar-refractivity contribution in [3.63, 3.8) is 0 Å². The van der Waals surface area contributed by atoms with Gasteiger partial charge in [-0.3, -0.25) is 4.90 Å².